The summed E-state index contributed by atoms with van der Waals surface area (Å²) in [6, 6.07) is 16.2. The third-order valence-corrected chi connectivity index (χ3v) is 4.25. The Labute approximate surface area is 143 Å². The summed E-state index contributed by atoms with van der Waals surface area (Å²) in [7, 11) is 5.65. The molecule has 5 heteroatoms. The van der Waals surface area contributed by atoms with Gasteiger partial charge in [0, 0.05) is 12.2 Å². The zero-order chi connectivity index (χ0) is 16.9. The Kier molecular flexibility index (Phi) is 4.99. The number of carbonyl (C=O) groups is 2. The van der Waals surface area contributed by atoms with Crippen LogP contribution in [0.1, 0.15) is 18.4 Å². The van der Waals surface area contributed by atoms with Crippen LogP contribution in [0.2, 0.25) is 0 Å². The molecule has 0 spiro atoms. The Bertz CT molecular complexity index is 716. The molecule has 1 fully saturated rings. The molecule has 2 aromatic carbocycles. The number of carbonyl (C=O) groups excluding carboxylic acids is 2. The molecule has 1 atom stereocenters. The van der Waals surface area contributed by atoms with Crippen LogP contribution in [-0.4, -0.2) is 37.1 Å². The van der Waals surface area contributed by atoms with Gasteiger partial charge in [0.1, 0.15) is 13.9 Å². The molecule has 1 aliphatic heterocycles. The number of amides is 2. The Morgan fingerprint density at radius 3 is 2.50 bits per heavy atom. The lowest BCUT2D eigenvalue weighted by molar-refractivity contribution is -0.136. The maximum Gasteiger partial charge on any atom is 0.247 e. The van der Waals surface area contributed by atoms with Gasteiger partial charge < -0.3 is 10.2 Å². The summed E-state index contributed by atoms with van der Waals surface area (Å²) >= 11 is 0. The highest BCUT2D eigenvalue weighted by molar-refractivity contribution is 6.32. The van der Waals surface area contributed by atoms with E-state index in [1.165, 1.54) is 0 Å². The molecule has 0 aliphatic carbocycles. The largest absolute Gasteiger partial charge is 0.330 e. The van der Waals surface area contributed by atoms with Crippen LogP contribution in [0.25, 0.3) is 0 Å². The number of anilines is 1. The van der Waals surface area contributed by atoms with Crippen molar-refractivity contribution in [2.45, 2.75) is 25.3 Å². The smallest absolute Gasteiger partial charge is 0.247 e. The first kappa shape index (κ1) is 16.3. The third-order valence-electron chi connectivity index (χ3n) is 4.25. The third kappa shape index (κ3) is 3.85. The van der Waals surface area contributed by atoms with E-state index in [2.05, 4.69) is 5.32 Å². The molecule has 2 radical (unpaired) electrons. The SMILES string of the molecule is [B]c1ccc(NC(=O)[C@@H]2CCCN2C(=O)Cc2ccccc2)cc1. The molecule has 120 valence electrons. The number of likely N-dealkylation sites (tertiary alicyclic amines) is 1. The first-order chi connectivity index (χ1) is 11.6. The van der Waals surface area contributed by atoms with Gasteiger partial charge in [0.15, 0.2) is 0 Å². The monoisotopic (exact) mass is 318 g/mol. The molecule has 0 saturated carbocycles. The van der Waals surface area contributed by atoms with Gasteiger partial charge in [-0.1, -0.05) is 47.9 Å². The summed E-state index contributed by atoms with van der Waals surface area (Å²) in [6.07, 6.45) is 1.87. The van der Waals surface area contributed by atoms with Crippen LogP contribution in [-0.2, 0) is 16.0 Å². The van der Waals surface area contributed by atoms with E-state index >= 15 is 0 Å². The number of nitrogens with zero attached hydrogens (tertiary/aromatic N) is 1. The minimum atomic E-state index is -0.404. The second kappa shape index (κ2) is 7.34. The molecule has 4 nitrogen and oxygen atoms in total. The fourth-order valence-electron chi connectivity index (χ4n) is 3.00. The van der Waals surface area contributed by atoms with Gasteiger partial charge >= 0.3 is 0 Å². The summed E-state index contributed by atoms with van der Waals surface area (Å²) < 4.78 is 0. The first-order valence-electron chi connectivity index (χ1n) is 8.13. The van der Waals surface area contributed by atoms with Crippen molar-refractivity contribution in [3.8, 4) is 0 Å². The van der Waals surface area contributed by atoms with Crippen molar-refractivity contribution in [2.75, 3.05) is 11.9 Å². The van der Waals surface area contributed by atoms with Gasteiger partial charge in [-0.2, -0.15) is 0 Å². The van der Waals surface area contributed by atoms with Crippen molar-refractivity contribution in [1.82, 2.24) is 4.90 Å². The van der Waals surface area contributed by atoms with E-state index in [1.807, 2.05) is 30.3 Å². The van der Waals surface area contributed by atoms with Gasteiger partial charge in [-0.05, 0) is 30.5 Å². The lowest BCUT2D eigenvalue weighted by Crippen LogP contribution is -2.43. The molecule has 3 rings (SSSR count). The van der Waals surface area contributed by atoms with E-state index < -0.39 is 6.04 Å². The zero-order valence-electron chi connectivity index (χ0n) is 13.4. The highest BCUT2D eigenvalue weighted by atomic mass is 16.2. The van der Waals surface area contributed by atoms with Gasteiger partial charge in [-0.3, -0.25) is 9.59 Å². The standard InChI is InChI=1S/C19H19BN2O2/c20-15-8-10-16(11-9-15)21-19(24)17-7-4-12-22(17)18(23)13-14-5-2-1-3-6-14/h1-3,5-6,8-11,17H,4,7,12-13H2,(H,21,24)/t17-/m0/s1. The fourth-order valence-corrected chi connectivity index (χ4v) is 3.00. The van der Waals surface area contributed by atoms with Crippen molar-refractivity contribution in [3.63, 3.8) is 0 Å². The second-order valence-corrected chi connectivity index (χ2v) is 6.02. The maximum atomic E-state index is 12.6. The van der Waals surface area contributed by atoms with Crippen molar-refractivity contribution < 1.29 is 9.59 Å². The average molecular weight is 318 g/mol. The van der Waals surface area contributed by atoms with Gasteiger partial charge in [0.2, 0.25) is 11.8 Å². The number of benzene rings is 2. The normalized spacial score (nSPS) is 16.8. The Morgan fingerprint density at radius 1 is 1.08 bits per heavy atom. The van der Waals surface area contributed by atoms with Gasteiger partial charge in [0.05, 0.1) is 6.42 Å². The van der Waals surface area contributed by atoms with Crippen LogP contribution < -0.4 is 10.8 Å². The molecule has 2 aromatic rings. The summed E-state index contributed by atoms with van der Waals surface area (Å²) in [5.41, 5.74) is 2.30. The lowest BCUT2D eigenvalue weighted by atomic mass is 9.96. The fraction of sp³-hybridized carbons (Fsp3) is 0.263. The number of hydrogen-bond acceptors (Lipinski definition) is 2. The molecule has 0 unspecified atom stereocenters. The van der Waals surface area contributed by atoms with Crippen molar-refractivity contribution in [2.24, 2.45) is 0 Å². The Morgan fingerprint density at radius 2 is 1.79 bits per heavy atom. The Hall–Kier alpha value is -2.56. The second-order valence-electron chi connectivity index (χ2n) is 6.02. The molecule has 1 saturated heterocycles. The molecule has 1 heterocycles. The van der Waals surface area contributed by atoms with Gasteiger partial charge in [0.25, 0.3) is 0 Å². The zero-order valence-corrected chi connectivity index (χ0v) is 13.4. The predicted molar refractivity (Wildman–Crippen MR) is 95.3 cm³/mol. The first-order valence-corrected chi connectivity index (χ1v) is 8.13. The number of nitrogens with one attached hydrogen (secondary N) is 1. The van der Waals surface area contributed by atoms with Crippen molar-refractivity contribution in [3.05, 3.63) is 60.2 Å². The Balaban J connectivity index is 1.65. The number of hydrogen-bond donors (Lipinski definition) is 1. The van der Waals surface area contributed by atoms with Crippen LogP contribution in [0.4, 0.5) is 5.69 Å². The van der Waals surface area contributed by atoms with Gasteiger partial charge in [-0.15, -0.1) is 0 Å². The summed E-state index contributed by atoms with van der Waals surface area (Å²) in [6.45, 7) is 0.630. The van der Waals surface area contributed by atoms with Crippen LogP contribution in [0, 0.1) is 0 Å². The highest BCUT2D eigenvalue weighted by Crippen LogP contribution is 2.20. The molecule has 0 bridgehead atoms. The molecular formula is C19H19BN2O2. The summed E-state index contributed by atoms with van der Waals surface area (Å²) in [4.78, 5) is 26.8. The summed E-state index contributed by atoms with van der Waals surface area (Å²) in [5.74, 6) is -0.144. The predicted octanol–water partition coefficient (Wildman–Crippen LogP) is 1.65. The molecular weight excluding hydrogens is 299 g/mol. The molecule has 2 amide bonds. The number of rotatable bonds is 4. The van der Waals surface area contributed by atoms with Crippen LogP contribution in [0.3, 0.4) is 0 Å². The van der Waals surface area contributed by atoms with Gasteiger partial charge in [-0.25, -0.2) is 0 Å². The van der Waals surface area contributed by atoms with E-state index in [9.17, 15) is 9.59 Å². The summed E-state index contributed by atoms with van der Waals surface area (Å²) in [5, 5.41) is 2.87. The van der Waals surface area contributed by atoms with E-state index in [0.717, 1.165) is 12.0 Å². The van der Waals surface area contributed by atoms with E-state index in [-0.39, 0.29) is 11.8 Å². The molecule has 24 heavy (non-hydrogen) atoms. The maximum absolute atomic E-state index is 12.6. The lowest BCUT2D eigenvalue weighted by Gasteiger charge is -2.24. The van der Waals surface area contributed by atoms with Crippen molar-refractivity contribution in [1.29, 1.82) is 0 Å². The van der Waals surface area contributed by atoms with Crippen LogP contribution in [0.15, 0.2) is 54.6 Å². The van der Waals surface area contributed by atoms with E-state index in [0.29, 0.717) is 30.5 Å². The molecule has 1 aliphatic rings. The quantitative estimate of drug-likeness (QED) is 0.872. The van der Waals surface area contributed by atoms with E-state index in [4.69, 9.17) is 7.85 Å². The minimum Gasteiger partial charge on any atom is -0.330 e. The molecule has 1 N–H and O–H groups in total. The topological polar surface area (TPSA) is 49.4 Å². The highest BCUT2D eigenvalue weighted by Gasteiger charge is 2.33. The molecule has 0 aromatic heterocycles. The van der Waals surface area contributed by atoms with Crippen LogP contribution in [0.5, 0.6) is 0 Å². The van der Waals surface area contributed by atoms with Crippen LogP contribution >= 0.6 is 0 Å². The van der Waals surface area contributed by atoms with Crippen molar-refractivity contribution >= 4 is 30.8 Å². The average Bonchev–Trinajstić information content (AvgIpc) is 3.08. The minimum absolute atomic E-state index is 0.00356. The van der Waals surface area contributed by atoms with E-state index in [1.54, 1.807) is 29.2 Å².